The van der Waals surface area contributed by atoms with Gasteiger partial charge in [0, 0.05) is 18.3 Å². The molecule has 0 bridgehead atoms. The van der Waals surface area contributed by atoms with Crippen LogP contribution in [0.2, 0.25) is 0 Å². The minimum Gasteiger partial charge on any atom is -0.460 e. The van der Waals surface area contributed by atoms with E-state index in [0.717, 1.165) is 25.7 Å². The highest BCUT2D eigenvalue weighted by molar-refractivity contribution is 5.83. The summed E-state index contributed by atoms with van der Waals surface area (Å²) in [5.41, 5.74) is 3.54. The first-order valence-electron chi connectivity index (χ1n) is 17.0. The lowest BCUT2D eigenvalue weighted by Crippen LogP contribution is -2.50. The van der Waals surface area contributed by atoms with E-state index in [0.29, 0.717) is 24.7 Å². The van der Waals surface area contributed by atoms with Gasteiger partial charge in [-0.1, -0.05) is 113 Å². The Balaban J connectivity index is 1.76. The molecular weight excluding hydrogens is 532 g/mol. The van der Waals surface area contributed by atoms with Crippen molar-refractivity contribution < 1.29 is 19.1 Å². The van der Waals surface area contributed by atoms with Gasteiger partial charge in [0.2, 0.25) is 0 Å². The molecule has 2 fully saturated rings. The van der Waals surface area contributed by atoms with E-state index in [-0.39, 0.29) is 23.8 Å². The van der Waals surface area contributed by atoms with Crippen LogP contribution in [-0.2, 0) is 24.5 Å². The Labute approximate surface area is 260 Å². The van der Waals surface area contributed by atoms with Crippen molar-refractivity contribution in [2.45, 2.75) is 135 Å². The lowest BCUT2D eigenvalue weighted by molar-refractivity contribution is -0.159. The molecule has 0 aliphatic heterocycles. The van der Waals surface area contributed by atoms with Crippen LogP contribution in [0.1, 0.15) is 130 Å². The predicted molar refractivity (Wildman–Crippen MR) is 174 cm³/mol. The minimum atomic E-state index is -0.549. The molecule has 2 aromatic rings. The van der Waals surface area contributed by atoms with Crippen LogP contribution in [0.15, 0.2) is 48.5 Å². The lowest BCUT2D eigenvalue weighted by atomic mass is 9.51. The summed E-state index contributed by atoms with van der Waals surface area (Å²) in [7, 11) is 0. The Morgan fingerprint density at radius 3 is 1.33 bits per heavy atom. The molecule has 0 radical (unpaired) electrons. The summed E-state index contributed by atoms with van der Waals surface area (Å²) in [5.74, 6) is 0.576. The highest BCUT2D eigenvalue weighted by atomic mass is 16.6. The molecule has 0 aromatic heterocycles. The molecule has 4 heteroatoms. The van der Waals surface area contributed by atoms with Crippen molar-refractivity contribution in [3.63, 3.8) is 0 Å². The van der Waals surface area contributed by atoms with Gasteiger partial charge in [0.15, 0.2) is 0 Å². The quantitative estimate of drug-likeness (QED) is 0.289. The molecule has 2 atom stereocenters. The summed E-state index contributed by atoms with van der Waals surface area (Å²) >= 11 is 0. The van der Waals surface area contributed by atoms with Crippen LogP contribution in [-0.4, -0.2) is 23.1 Å². The van der Waals surface area contributed by atoms with Gasteiger partial charge in [-0.05, 0) is 87.5 Å². The van der Waals surface area contributed by atoms with Gasteiger partial charge in [0.1, 0.15) is 11.2 Å². The van der Waals surface area contributed by atoms with E-state index < -0.39 is 16.6 Å². The van der Waals surface area contributed by atoms with E-state index in [1.165, 1.54) is 60.8 Å². The van der Waals surface area contributed by atoms with Crippen LogP contribution < -0.4 is 0 Å². The molecule has 234 valence electrons. The fourth-order valence-electron chi connectivity index (χ4n) is 8.97. The summed E-state index contributed by atoms with van der Waals surface area (Å²) in [6.07, 6.45) is 12.4. The number of hydrogen-bond acceptors (Lipinski definition) is 4. The van der Waals surface area contributed by atoms with Gasteiger partial charge >= 0.3 is 11.9 Å². The number of hydrogen-bond donors (Lipinski definition) is 0. The van der Waals surface area contributed by atoms with Crippen molar-refractivity contribution in [2.24, 2.45) is 23.7 Å². The molecule has 2 unspecified atom stereocenters. The highest BCUT2D eigenvalue weighted by Gasteiger charge is 2.58. The average Bonchev–Trinajstić information content (AvgIpc) is 3.25. The Morgan fingerprint density at radius 1 is 0.628 bits per heavy atom. The smallest absolute Gasteiger partial charge is 0.306 e. The minimum absolute atomic E-state index is 0.0295. The van der Waals surface area contributed by atoms with Crippen molar-refractivity contribution in [3.05, 3.63) is 59.7 Å². The second-order valence-electron chi connectivity index (χ2n) is 15.6. The number of fused-ring (bicyclic) bond motifs is 3. The van der Waals surface area contributed by atoms with Crippen molar-refractivity contribution in [3.8, 4) is 11.1 Å². The highest BCUT2D eigenvalue weighted by Crippen LogP contribution is 2.63. The fraction of sp³-hybridized carbons (Fsp3) is 0.641. The van der Waals surface area contributed by atoms with E-state index in [4.69, 9.17) is 9.47 Å². The monoisotopic (exact) mass is 586 g/mol. The largest absolute Gasteiger partial charge is 0.460 e. The molecule has 0 saturated heterocycles. The first-order chi connectivity index (χ1) is 20.4. The third kappa shape index (κ3) is 6.89. The summed E-state index contributed by atoms with van der Waals surface area (Å²) in [4.78, 5) is 27.9. The molecule has 0 N–H and O–H groups in total. The second kappa shape index (κ2) is 12.8. The zero-order valence-corrected chi connectivity index (χ0v) is 27.5. The predicted octanol–water partition coefficient (Wildman–Crippen LogP) is 9.81. The number of rotatable bonds is 8. The van der Waals surface area contributed by atoms with E-state index in [9.17, 15) is 9.59 Å². The van der Waals surface area contributed by atoms with Gasteiger partial charge in [0.05, 0.1) is 0 Å². The molecule has 2 aromatic carbocycles. The number of ether oxygens (including phenoxy) is 2. The van der Waals surface area contributed by atoms with Crippen LogP contribution in [0, 0.1) is 23.7 Å². The second-order valence-corrected chi connectivity index (χ2v) is 15.6. The third-order valence-electron chi connectivity index (χ3n) is 10.3. The van der Waals surface area contributed by atoms with Crippen molar-refractivity contribution in [2.75, 3.05) is 0 Å². The van der Waals surface area contributed by atoms with Crippen LogP contribution in [0.5, 0.6) is 0 Å². The Hall–Kier alpha value is -2.62. The van der Waals surface area contributed by atoms with Gasteiger partial charge in [0.25, 0.3) is 0 Å². The average molecular weight is 587 g/mol. The summed E-state index contributed by atoms with van der Waals surface area (Å²) < 4.78 is 12.2. The molecule has 3 aliphatic rings. The Bertz CT molecular complexity index is 1170. The first kappa shape index (κ1) is 31.8. The number of benzene rings is 2. The first-order valence-corrected chi connectivity index (χ1v) is 17.0. The molecule has 0 heterocycles. The van der Waals surface area contributed by atoms with Gasteiger partial charge in [-0.2, -0.15) is 0 Å². The standard InChI is InChI=1S/C39H54O4/c1-37(2,3)42-35(40)25-33(27-17-9-7-10-18-27)39(31-23-15-13-21-29(31)30-22-14-16-24-32(30)39)34(28-19-11-8-12-20-28)26-36(41)43-38(4,5)6/h13-16,21-24,27-28,33-34H,7-12,17-20,25-26H2,1-6H3. The fourth-order valence-corrected chi connectivity index (χ4v) is 8.97. The molecule has 2 saturated carbocycles. The molecule has 5 rings (SSSR count). The van der Waals surface area contributed by atoms with Gasteiger partial charge < -0.3 is 9.47 Å². The van der Waals surface area contributed by atoms with Gasteiger partial charge in [-0.15, -0.1) is 0 Å². The molecule has 0 spiro atoms. The van der Waals surface area contributed by atoms with E-state index >= 15 is 0 Å². The van der Waals surface area contributed by atoms with Crippen LogP contribution in [0.3, 0.4) is 0 Å². The molecule has 43 heavy (non-hydrogen) atoms. The SMILES string of the molecule is CC(C)(C)OC(=O)CC(C1CCCCC1)C1(C(CC(=O)OC(C)(C)C)C2CCCCC2)c2ccccc2-c2ccccc21. The maximum atomic E-state index is 13.9. The van der Waals surface area contributed by atoms with Crippen molar-refractivity contribution in [1.82, 2.24) is 0 Å². The maximum absolute atomic E-state index is 13.9. The van der Waals surface area contributed by atoms with Crippen LogP contribution in [0.25, 0.3) is 11.1 Å². The van der Waals surface area contributed by atoms with Crippen LogP contribution in [0.4, 0.5) is 0 Å². The van der Waals surface area contributed by atoms with Gasteiger partial charge in [-0.25, -0.2) is 0 Å². The number of carbonyl (C=O) groups excluding carboxylic acids is 2. The molecule has 3 aliphatic carbocycles. The van der Waals surface area contributed by atoms with Crippen molar-refractivity contribution >= 4 is 11.9 Å². The number of carbonyl (C=O) groups is 2. The molecule has 0 amide bonds. The third-order valence-corrected chi connectivity index (χ3v) is 10.3. The van der Waals surface area contributed by atoms with Crippen molar-refractivity contribution in [1.29, 1.82) is 0 Å². The Morgan fingerprint density at radius 2 is 0.977 bits per heavy atom. The number of esters is 2. The maximum Gasteiger partial charge on any atom is 0.306 e. The van der Waals surface area contributed by atoms with E-state index in [1.807, 2.05) is 41.5 Å². The lowest BCUT2D eigenvalue weighted by Gasteiger charge is -2.52. The summed E-state index contributed by atoms with van der Waals surface area (Å²) in [6.45, 7) is 11.8. The topological polar surface area (TPSA) is 52.6 Å². The Kier molecular flexibility index (Phi) is 9.45. The summed E-state index contributed by atoms with van der Waals surface area (Å²) in [5, 5.41) is 0. The molecule has 4 nitrogen and oxygen atoms in total. The summed E-state index contributed by atoms with van der Waals surface area (Å²) in [6, 6.07) is 17.7. The van der Waals surface area contributed by atoms with Gasteiger partial charge in [-0.3, -0.25) is 9.59 Å². The zero-order chi connectivity index (χ0) is 30.8. The van der Waals surface area contributed by atoms with E-state index in [2.05, 4.69) is 48.5 Å². The van der Waals surface area contributed by atoms with Crippen LogP contribution >= 0.6 is 0 Å². The van der Waals surface area contributed by atoms with E-state index in [1.54, 1.807) is 0 Å². The zero-order valence-electron chi connectivity index (χ0n) is 27.5. The molecular formula is C39H54O4. The normalized spacial score (nSPS) is 20.5.